The van der Waals surface area contributed by atoms with Gasteiger partial charge in [0, 0.05) is 4.47 Å². The van der Waals surface area contributed by atoms with Gasteiger partial charge in [-0.2, -0.15) is 0 Å². The molecule has 0 fully saturated rings. The summed E-state index contributed by atoms with van der Waals surface area (Å²) in [7, 11) is 1.41. The molecule has 0 saturated heterocycles. The van der Waals surface area contributed by atoms with Crippen LogP contribution in [-0.4, -0.2) is 24.0 Å². The number of methoxy groups -OCH3 is 1. The standard InChI is InChI=1S/C11H11BrO4/c1-5-4-6(2)10(16-3)7(8(5)12)9(13)11(14)15/h4H,1-3H3,(H,14,15). The number of carboxylic acids is 1. The van der Waals surface area contributed by atoms with E-state index in [4.69, 9.17) is 9.84 Å². The largest absolute Gasteiger partial charge is 0.496 e. The van der Waals surface area contributed by atoms with Crippen LogP contribution in [0.3, 0.4) is 0 Å². The van der Waals surface area contributed by atoms with Gasteiger partial charge < -0.3 is 9.84 Å². The van der Waals surface area contributed by atoms with Crippen LogP contribution in [0.15, 0.2) is 10.5 Å². The number of hydrogen-bond donors (Lipinski definition) is 1. The minimum Gasteiger partial charge on any atom is -0.496 e. The highest BCUT2D eigenvalue weighted by atomic mass is 79.9. The van der Waals surface area contributed by atoms with Crippen molar-refractivity contribution in [2.24, 2.45) is 0 Å². The first-order chi connectivity index (χ1) is 7.40. The zero-order valence-electron chi connectivity index (χ0n) is 9.13. The van der Waals surface area contributed by atoms with Crippen molar-refractivity contribution in [3.05, 3.63) is 27.2 Å². The van der Waals surface area contributed by atoms with Gasteiger partial charge in [-0.15, -0.1) is 0 Å². The van der Waals surface area contributed by atoms with E-state index in [1.165, 1.54) is 7.11 Å². The number of Topliss-reactive ketones (excluding diaryl/α,β-unsaturated/α-hetero) is 1. The Balaban J connectivity index is 3.57. The lowest BCUT2D eigenvalue weighted by Gasteiger charge is -2.13. The van der Waals surface area contributed by atoms with E-state index < -0.39 is 11.8 Å². The number of benzene rings is 1. The van der Waals surface area contributed by atoms with E-state index in [-0.39, 0.29) is 5.56 Å². The molecule has 0 spiro atoms. The molecule has 1 N–H and O–H groups in total. The summed E-state index contributed by atoms with van der Waals surface area (Å²) in [5.74, 6) is -2.18. The lowest BCUT2D eigenvalue weighted by molar-refractivity contribution is -0.131. The molecule has 0 aliphatic heterocycles. The van der Waals surface area contributed by atoms with E-state index in [0.29, 0.717) is 10.2 Å². The van der Waals surface area contributed by atoms with E-state index >= 15 is 0 Å². The summed E-state index contributed by atoms with van der Waals surface area (Å²) in [5, 5.41) is 8.74. The van der Waals surface area contributed by atoms with Crippen molar-refractivity contribution in [3.8, 4) is 5.75 Å². The summed E-state index contributed by atoms with van der Waals surface area (Å²) < 4.78 is 5.53. The number of carboxylic acid groups (broad SMARTS) is 1. The monoisotopic (exact) mass is 286 g/mol. The summed E-state index contributed by atoms with van der Waals surface area (Å²) in [6.07, 6.45) is 0. The van der Waals surface area contributed by atoms with Crippen LogP contribution in [0.2, 0.25) is 0 Å². The van der Waals surface area contributed by atoms with Crippen molar-refractivity contribution < 1.29 is 19.4 Å². The molecule has 5 heteroatoms. The van der Waals surface area contributed by atoms with Crippen molar-refractivity contribution in [1.29, 1.82) is 0 Å². The maximum atomic E-state index is 11.5. The summed E-state index contributed by atoms with van der Waals surface area (Å²) in [5.41, 5.74) is 1.59. The summed E-state index contributed by atoms with van der Waals surface area (Å²) in [6.45, 7) is 3.55. The van der Waals surface area contributed by atoms with Crippen LogP contribution < -0.4 is 4.74 Å². The van der Waals surface area contributed by atoms with Crippen molar-refractivity contribution in [2.45, 2.75) is 13.8 Å². The van der Waals surface area contributed by atoms with Gasteiger partial charge in [0.2, 0.25) is 0 Å². The molecule has 0 aliphatic rings. The second kappa shape index (κ2) is 4.65. The van der Waals surface area contributed by atoms with Gasteiger partial charge in [0.15, 0.2) is 0 Å². The van der Waals surface area contributed by atoms with Gasteiger partial charge >= 0.3 is 5.97 Å². The number of ketones is 1. The highest BCUT2D eigenvalue weighted by molar-refractivity contribution is 9.10. The number of aliphatic carboxylic acids is 1. The SMILES string of the molecule is COc1c(C)cc(C)c(Br)c1C(=O)C(=O)O. The Labute approximate surface area is 101 Å². The molecule has 1 rings (SSSR count). The molecule has 4 nitrogen and oxygen atoms in total. The Morgan fingerprint density at radius 2 is 1.88 bits per heavy atom. The molecule has 0 radical (unpaired) electrons. The second-order valence-electron chi connectivity index (χ2n) is 3.37. The molecule has 0 atom stereocenters. The van der Waals surface area contributed by atoms with Gasteiger partial charge in [0.25, 0.3) is 5.78 Å². The Morgan fingerprint density at radius 3 is 2.31 bits per heavy atom. The predicted octanol–water partition coefficient (Wildman–Crippen LogP) is 2.34. The first-order valence-electron chi connectivity index (χ1n) is 4.51. The molecule has 86 valence electrons. The van der Waals surface area contributed by atoms with Gasteiger partial charge in [0.1, 0.15) is 5.75 Å². The summed E-state index contributed by atoms with van der Waals surface area (Å²) in [4.78, 5) is 22.3. The Bertz CT molecular complexity index is 466. The minimum atomic E-state index is -1.50. The van der Waals surface area contributed by atoms with Crippen LogP contribution in [-0.2, 0) is 4.79 Å². The molecule has 1 aromatic carbocycles. The zero-order valence-corrected chi connectivity index (χ0v) is 10.7. The molecule has 0 aromatic heterocycles. The first kappa shape index (κ1) is 12.7. The Morgan fingerprint density at radius 1 is 1.31 bits per heavy atom. The molecule has 0 bridgehead atoms. The molecule has 0 amide bonds. The predicted molar refractivity (Wildman–Crippen MR) is 62.1 cm³/mol. The molecule has 0 heterocycles. The van der Waals surface area contributed by atoms with E-state index in [2.05, 4.69) is 15.9 Å². The number of ether oxygens (including phenoxy) is 1. The maximum Gasteiger partial charge on any atom is 0.377 e. The van der Waals surface area contributed by atoms with E-state index in [9.17, 15) is 9.59 Å². The highest BCUT2D eigenvalue weighted by Gasteiger charge is 2.25. The number of hydrogen-bond acceptors (Lipinski definition) is 3. The number of carbonyl (C=O) groups excluding carboxylic acids is 1. The van der Waals surface area contributed by atoms with Crippen LogP contribution in [0, 0.1) is 13.8 Å². The zero-order chi connectivity index (χ0) is 12.5. The third kappa shape index (κ3) is 2.09. The molecule has 0 saturated carbocycles. The van der Waals surface area contributed by atoms with Gasteiger partial charge in [-0.3, -0.25) is 4.79 Å². The summed E-state index contributed by atoms with van der Waals surface area (Å²) in [6, 6.07) is 1.82. The van der Waals surface area contributed by atoms with Gasteiger partial charge in [-0.25, -0.2) is 4.79 Å². The van der Waals surface area contributed by atoms with Crippen LogP contribution in [0.1, 0.15) is 21.5 Å². The molecule has 16 heavy (non-hydrogen) atoms. The maximum absolute atomic E-state index is 11.5. The fraction of sp³-hybridized carbons (Fsp3) is 0.273. The third-order valence-corrected chi connectivity index (χ3v) is 3.23. The van der Waals surface area contributed by atoms with Crippen LogP contribution in [0.5, 0.6) is 5.75 Å². The van der Waals surface area contributed by atoms with Crippen LogP contribution in [0.25, 0.3) is 0 Å². The molecular weight excluding hydrogens is 276 g/mol. The van der Waals surface area contributed by atoms with Gasteiger partial charge in [-0.1, -0.05) is 6.07 Å². The Kier molecular flexibility index (Phi) is 3.70. The van der Waals surface area contributed by atoms with Crippen molar-refractivity contribution >= 4 is 27.7 Å². The normalized spacial score (nSPS) is 10.0. The molecule has 1 aromatic rings. The van der Waals surface area contributed by atoms with E-state index in [0.717, 1.165) is 11.1 Å². The fourth-order valence-corrected chi connectivity index (χ4v) is 2.00. The Hall–Kier alpha value is -1.36. The lowest BCUT2D eigenvalue weighted by atomic mass is 10.0. The second-order valence-corrected chi connectivity index (χ2v) is 4.16. The number of rotatable bonds is 3. The van der Waals surface area contributed by atoms with E-state index in [1.54, 1.807) is 13.8 Å². The van der Waals surface area contributed by atoms with Crippen molar-refractivity contribution in [3.63, 3.8) is 0 Å². The molecule has 0 aliphatic carbocycles. The first-order valence-corrected chi connectivity index (χ1v) is 5.30. The number of carbonyl (C=O) groups is 2. The van der Waals surface area contributed by atoms with Crippen molar-refractivity contribution in [1.82, 2.24) is 0 Å². The number of aryl methyl sites for hydroxylation is 2. The highest BCUT2D eigenvalue weighted by Crippen LogP contribution is 2.33. The van der Waals surface area contributed by atoms with Gasteiger partial charge in [-0.05, 0) is 40.9 Å². The molecular formula is C11H11BrO4. The average Bonchev–Trinajstić information content (AvgIpc) is 2.21. The quantitative estimate of drug-likeness (QED) is 0.684. The molecule has 0 unspecified atom stereocenters. The smallest absolute Gasteiger partial charge is 0.377 e. The fourth-order valence-electron chi connectivity index (χ4n) is 1.52. The number of halogens is 1. The third-order valence-electron chi connectivity index (χ3n) is 2.21. The average molecular weight is 287 g/mol. The van der Waals surface area contributed by atoms with Gasteiger partial charge in [0.05, 0.1) is 12.7 Å². The minimum absolute atomic E-state index is 0.0625. The van der Waals surface area contributed by atoms with E-state index in [1.807, 2.05) is 6.07 Å². The van der Waals surface area contributed by atoms with Crippen LogP contribution >= 0.6 is 15.9 Å². The topological polar surface area (TPSA) is 63.6 Å². The van der Waals surface area contributed by atoms with Crippen molar-refractivity contribution in [2.75, 3.05) is 7.11 Å². The lowest BCUT2D eigenvalue weighted by Crippen LogP contribution is -2.15. The summed E-state index contributed by atoms with van der Waals surface area (Å²) >= 11 is 3.21. The van der Waals surface area contributed by atoms with Crippen LogP contribution in [0.4, 0.5) is 0 Å².